The van der Waals surface area contributed by atoms with E-state index in [1.807, 2.05) is 0 Å². The molecule has 2 heteroatoms. The fourth-order valence-corrected chi connectivity index (χ4v) is 2.86. The zero-order chi connectivity index (χ0) is 15.4. The summed E-state index contributed by atoms with van der Waals surface area (Å²) in [5.41, 5.74) is 5.17. The van der Waals surface area contributed by atoms with E-state index in [0.717, 1.165) is 10.9 Å². The van der Waals surface area contributed by atoms with Crippen molar-refractivity contribution in [3.63, 3.8) is 0 Å². The van der Waals surface area contributed by atoms with Crippen molar-refractivity contribution in [3.05, 3.63) is 63.6 Å². The summed E-state index contributed by atoms with van der Waals surface area (Å²) in [7, 11) is 0. The van der Waals surface area contributed by atoms with Crippen LogP contribution in [0.15, 0.2) is 46.9 Å². The first-order valence-corrected chi connectivity index (χ1v) is 8.37. The molecule has 112 valence electrons. The summed E-state index contributed by atoms with van der Waals surface area (Å²) in [5.74, 6) is 0.704. The Morgan fingerprint density at radius 2 is 1.67 bits per heavy atom. The van der Waals surface area contributed by atoms with Crippen LogP contribution in [-0.2, 0) is 6.42 Å². The Hall–Kier alpha value is -1.28. The van der Waals surface area contributed by atoms with E-state index in [4.69, 9.17) is 0 Å². The smallest absolute Gasteiger partial charge is 0.0485 e. The van der Waals surface area contributed by atoms with Crippen LogP contribution >= 0.6 is 15.9 Å². The standard InChI is InChI=1S/C19H24BrN/c1-13(2)12-16-8-10-17(11-9-16)15(4)21-19-7-5-6-18(20)14(19)3/h5-11,13,15,21H,12H2,1-4H3. The Morgan fingerprint density at radius 3 is 2.29 bits per heavy atom. The lowest BCUT2D eigenvalue weighted by molar-refractivity contribution is 0.647. The molecule has 0 bridgehead atoms. The predicted octanol–water partition coefficient (Wildman–Crippen LogP) is 6.13. The molecule has 1 nitrogen and oxygen atoms in total. The predicted molar refractivity (Wildman–Crippen MR) is 95.9 cm³/mol. The van der Waals surface area contributed by atoms with Gasteiger partial charge >= 0.3 is 0 Å². The van der Waals surface area contributed by atoms with Crippen LogP contribution in [0, 0.1) is 12.8 Å². The van der Waals surface area contributed by atoms with Crippen LogP contribution in [0.5, 0.6) is 0 Å². The van der Waals surface area contributed by atoms with Crippen molar-refractivity contribution in [1.82, 2.24) is 0 Å². The summed E-state index contributed by atoms with van der Waals surface area (Å²) in [6.45, 7) is 8.85. The highest BCUT2D eigenvalue weighted by Crippen LogP contribution is 2.27. The van der Waals surface area contributed by atoms with Gasteiger partial charge in [-0.25, -0.2) is 0 Å². The van der Waals surface area contributed by atoms with E-state index in [2.05, 4.69) is 91.4 Å². The molecule has 2 rings (SSSR count). The lowest BCUT2D eigenvalue weighted by Crippen LogP contribution is -2.08. The summed E-state index contributed by atoms with van der Waals surface area (Å²) < 4.78 is 1.15. The average molecular weight is 346 g/mol. The monoisotopic (exact) mass is 345 g/mol. The molecule has 2 aromatic rings. The first kappa shape index (κ1) is 16.1. The molecular formula is C19H24BrN. The van der Waals surface area contributed by atoms with Gasteiger partial charge in [0.15, 0.2) is 0 Å². The minimum Gasteiger partial charge on any atom is -0.378 e. The van der Waals surface area contributed by atoms with Gasteiger partial charge in [-0.2, -0.15) is 0 Å². The minimum atomic E-state index is 0.297. The fraction of sp³-hybridized carbons (Fsp3) is 0.368. The van der Waals surface area contributed by atoms with Crippen molar-refractivity contribution >= 4 is 21.6 Å². The summed E-state index contributed by atoms with van der Waals surface area (Å²) in [4.78, 5) is 0. The summed E-state index contributed by atoms with van der Waals surface area (Å²) in [6.07, 6.45) is 1.15. The van der Waals surface area contributed by atoms with Crippen LogP contribution in [0.25, 0.3) is 0 Å². The molecule has 21 heavy (non-hydrogen) atoms. The molecule has 0 aliphatic rings. The molecule has 0 saturated carbocycles. The Labute approximate surface area is 136 Å². The second kappa shape index (κ2) is 7.13. The fourth-order valence-electron chi connectivity index (χ4n) is 2.49. The van der Waals surface area contributed by atoms with Crippen LogP contribution in [0.3, 0.4) is 0 Å². The van der Waals surface area contributed by atoms with Gasteiger partial charge in [-0.3, -0.25) is 0 Å². The molecule has 0 saturated heterocycles. The number of hydrogen-bond donors (Lipinski definition) is 1. The van der Waals surface area contributed by atoms with Crippen molar-refractivity contribution in [3.8, 4) is 0 Å². The van der Waals surface area contributed by atoms with Crippen LogP contribution in [-0.4, -0.2) is 0 Å². The van der Waals surface area contributed by atoms with E-state index in [1.54, 1.807) is 0 Å². The van der Waals surface area contributed by atoms with Gasteiger partial charge in [0.25, 0.3) is 0 Å². The number of benzene rings is 2. The van der Waals surface area contributed by atoms with Crippen molar-refractivity contribution in [2.45, 2.75) is 40.2 Å². The first-order valence-electron chi connectivity index (χ1n) is 7.58. The zero-order valence-electron chi connectivity index (χ0n) is 13.3. The Balaban J connectivity index is 2.09. The molecule has 1 unspecified atom stereocenters. The van der Waals surface area contributed by atoms with Crippen molar-refractivity contribution in [1.29, 1.82) is 0 Å². The number of hydrogen-bond acceptors (Lipinski definition) is 1. The first-order chi connectivity index (χ1) is 9.97. The molecule has 0 amide bonds. The second-order valence-electron chi connectivity index (χ2n) is 6.12. The quantitative estimate of drug-likeness (QED) is 0.687. The molecule has 0 fully saturated rings. The molecule has 0 aliphatic heterocycles. The third-order valence-corrected chi connectivity index (χ3v) is 4.62. The van der Waals surface area contributed by atoms with E-state index >= 15 is 0 Å². The molecule has 0 heterocycles. The van der Waals surface area contributed by atoms with E-state index in [-0.39, 0.29) is 0 Å². The molecule has 2 aromatic carbocycles. The van der Waals surface area contributed by atoms with Crippen LogP contribution in [0.4, 0.5) is 5.69 Å². The normalized spacial score (nSPS) is 12.5. The van der Waals surface area contributed by atoms with E-state index in [9.17, 15) is 0 Å². The highest BCUT2D eigenvalue weighted by Gasteiger charge is 2.08. The van der Waals surface area contributed by atoms with Gasteiger partial charge in [-0.1, -0.05) is 60.1 Å². The zero-order valence-corrected chi connectivity index (χ0v) is 14.9. The van der Waals surface area contributed by atoms with Crippen molar-refractivity contribution < 1.29 is 0 Å². The van der Waals surface area contributed by atoms with Gasteiger partial charge in [-0.05, 0) is 55.0 Å². The highest BCUT2D eigenvalue weighted by molar-refractivity contribution is 9.10. The Kier molecular flexibility index (Phi) is 5.46. The topological polar surface area (TPSA) is 12.0 Å². The Bertz CT molecular complexity index is 587. The van der Waals surface area contributed by atoms with Gasteiger partial charge in [0.1, 0.15) is 0 Å². The molecule has 0 radical (unpaired) electrons. The molecule has 0 aliphatic carbocycles. The molecule has 1 atom stereocenters. The summed E-state index contributed by atoms with van der Waals surface area (Å²) in [6, 6.07) is 15.5. The number of rotatable bonds is 5. The molecule has 0 spiro atoms. The number of anilines is 1. The van der Waals surface area contributed by atoms with E-state index < -0.39 is 0 Å². The van der Waals surface area contributed by atoms with Crippen LogP contribution in [0.1, 0.15) is 43.5 Å². The molecular weight excluding hydrogens is 322 g/mol. The van der Waals surface area contributed by atoms with Gasteiger partial charge in [0.2, 0.25) is 0 Å². The minimum absolute atomic E-state index is 0.297. The largest absolute Gasteiger partial charge is 0.378 e. The van der Waals surface area contributed by atoms with Gasteiger partial charge in [0, 0.05) is 16.2 Å². The maximum Gasteiger partial charge on any atom is 0.0485 e. The van der Waals surface area contributed by atoms with Gasteiger partial charge in [0.05, 0.1) is 0 Å². The van der Waals surface area contributed by atoms with E-state index in [1.165, 1.54) is 22.4 Å². The van der Waals surface area contributed by atoms with Crippen LogP contribution < -0.4 is 5.32 Å². The molecule has 1 N–H and O–H groups in total. The SMILES string of the molecule is Cc1c(Br)cccc1NC(C)c1ccc(CC(C)C)cc1. The summed E-state index contributed by atoms with van der Waals surface area (Å²) >= 11 is 3.58. The van der Waals surface area contributed by atoms with Gasteiger partial charge in [-0.15, -0.1) is 0 Å². The van der Waals surface area contributed by atoms with E-state index in [0.29, 0.717) is 12.0 Å². The Morgan fingerprint density at radius 1 is 1.00 bits per heavy atom. The lowest BCUT2D eigenvalue weighted by Gasteiger charge is -2.18. The van der Waals surface area contributed by atoms with Crippen LogP contribution in [0.2, 0.25) is 0 Å². The number of nitrogens with one attached hydrogen (secondary N) is 1. The van der Waals surface area contributed by atoms with Crippen molar-refractivity contribution in [2.75, 3.05) is 5.32 Å². The maximum absolute atomic E-state index is 3.60. The third-order valence-electron chi connectivity index (χ3n) is 3.76. The second-order valence-corrected chi connectivity index (χ2v) is 6.97. The number of halogens is 1. The summed E-state index contributed by atoms with van der Waals surface area (Å²) in [5, 5.41) is 3.60. The van der Waals surface area contributed by atoms with Crippen molar-refractivity contribution in [2.24, 2.45) is 5.92 Å². The lowest BCUT2D eigenvalue weighted by atomic mass is 9.99. The third kappa shape index (κ3) is 4.34. The highest BCUT2D eigenvalue weighted by atomic mass is 79.9. The molecule has 0 aromatic heterocycles. The average Bonchev–Trinajstić information content (AvgIpc) is 2.44. The maximum atomic E-state index is 3.60. The van der Waals surface area contributed by atoms with Gasteiger partial charge < -0.3 is 5.32 Å².